The van der Waals surface area contributed by atoms with Crippen LogP contribution in [0.15, 0.2) is 17.1 Å². The number of nitrogens with one attached hydrogen (secondary N) is 2. The first-order valence-corrected chi connectivity index (χ1v) is 7.63. The van der Waals surface area contributed by atoms with Gasteiger partial charge in [0.15, 0.2) is 5.96 Å². The van der Waals surface area contributed by atoms with Crippen LogP contribution in [0.25, 0.3) is 0 Å². The Morgan fingerprint density at radius 3 is 2.80 bits per heavy atom. The van der Waals surface area contributed by atoms with Gasteiger partial charge in [0.05, 0.1) is 10.9 Å². The van der Waals surface area contributed by atoms with E-state index in [4.69, 9.17) is 16.3 Å². The number of hydrogen-bond donors (Lipinski definition) is 2. The van der Waals surface area contributed by atoms with Crippen molar-refractivity contribution < 1.29 is 4.74 Å². The van der Waals surface area contributed by atoms with Gasteiger partial charge in [0, 0.05) is 37.5 Å². The number of nitrogens with zero attached hydrogens (tertiary/aromatic N) is 1. The molecule has 4 nitrogen and oxygen atoms in total. The predicted octanol–water partition coefficient (Wildman–Crippen LogP) is 3.15. The van der Waals surface area contributed by atoms with E-state index in [2.05, 4.69) is 35.5 Å². The van der Waals surface area contributed by atoms with E-state index in [-0.39, 0.29) is 30.0 Å². The summed E-state index contributed by atoms with van der Waals surface area (Å²) >= 11 is 7.51. The smallest absolute Gasteiger partial charge is 0.191 e. The summed E-state index contributed by atoms with van der Waals surface area (Å²) < 4.78 is 5.93. The molecule has 0 aliphatic heterocycles. The van der Waals surface area contributed by atoms with Gasteiger partial charge in [0.25, 0.3) is 0 Å². The Labute approximate surface area is 147 Å². The summed E-state index contributed by atoms with van der Waals surface area (Å²) in [5, 5.41) is 6.53. The molecule has 0 fully saturated rings. The van der Waals surface area contributed by atoms with E-state index in [0.29, 0.717) is 6.61 Å². The maximum absolute atomic E-state index is 5.90. The van der Waals surface area contributed by atoms with Crippen LogP contribution in [0.3, 0.4) is 0 Å². The lowest BCUT2D eigenvalue weighted by molar-refractivity contribution is 0.179. The third-order valence-corrected chi connectivity index (χ3v) is 3.69. The second kappa shape index (κ2) is 11.6. The topological polar surface area (TPSA) is 45.7 Å². The molecule has 7 heteroatoms. The predicted molar refractivity (Wildman–Crippen MR) is 98.9 cm³/mol. The van der Waals surface area contributed by atoms with Crippen LogP contribution < -0.4 is 10.6 Å². The number of methoxy groups -OCH3 is 1. The molecule has 2 N–H and O–H groups in total. The molecule has 0 amide bonds. The van der Waals surface area contributed by atoms with Gasteiger partial charge in [0.1, 0.15) is 0 Å². The molecule has 0 saturated heterocycles. The van der Waals surface area contributed by atoms with Crippen molar-refractivity contribution in [3.8, 4) is 0 Å². The van der Waals surface area contributed by atoms with Gasteiger partial charge in [0.2, 0.25) is 0 Å². The number of halogens is 2. The normalized spacial score (nSPS) is 12.7. The van der Waals surface area contributed by atoms with Crippen molar-refractivity contribution in [1.29, 1.82) is 0 Å². The Morgan fingerprint density at radius 2 is 2.25 bits per heavy atom. The lowest BCUT2D eigenvalue weighted by Crippen LogP contribution is -2.44. The van der Waals surface area contributed by atoms with E-state index < -0.39 is 0 Å². The van der Waals surface area contributed by atoms with Gasteiger partial charge in [-0.25, -0.2) is 0 Å². The lowest BCUT2D eigenvalue weighted by atomic mass is 10.3. The highest BCUT2D eigenvalue weighted by atomic mass is 127. The average molecular weight is 432 g/mol. The standard InChI is InChI=1S/C13H22ClN3OS.HI/c1-4-15-13(17-10(2)9-18-3)16-8-7-11-5-6-12(14)19-11;/h5-6,10H,4,7-9H2,1-3H3,(H2,15,16,17);1H. The fourth-order valence-corrected chi connectivity index (χ4v) is 2.69. The molecule has 1 heterocycles. The molecule has 0 bridgehead atoms. The third-order valence-electron chi connectivity index (χ3n) is 2.40. The minimum atomic E-state index is 0. The molecule has 0 aromatic carbocycles. The van der Waals surface area contributed by atoms with Crippen molar-refractivity contribution >= 4 is 52.9 Å². The number of hydrogen-bond acceptors (Lipinski definition) is 3. The molecule has 1 rings (SSSR count). The Balaban J connectivity index is 0.00000361. The molecule has 0 aliphatic rings. The monoisotopic (exact) mass is 431 g/mol. The first-order valence-electron chi connectivity index (χ1n) is 6.43. The zero-order valence-electron chi connectivity index (χ0n) is 12.1. The van der Waals surface area contributed by atoms with Gasteiger partial charge in [-0.3, -0.25) is 4.99 Å². The van der Waals surface area contributed by atoms with Crippen LogP contribution in [0, 0.1) is 0 Å². The molecule has 1 aromatic rings. The number of aliphatic imine (C=N–C) groups is 1. The highest BCUT2D eigenvalue weighted by Gasteiger charge is 2.04. The molecule has 1 unspecified atom stereocenters. The summed E-state index contributed by atoms with van der Waals surface area (Å²) in [5.74, 6) is 0.828. The molecule has 0 spiro atoms. The van der Waals surface area contributed by atoms with Crippen LogP contribution in [-0.2, 0) is 11.2 Å². The van der Waals surface area contributed by atoms with Crippen LogP contribution in [-0.4, -0.2) is 38.8 Å². The summed E-state index contributed by atoms with van der Waals surface area (Å²) in [6.45, 7) is 6.36. The number of rotatable bonds is 7. The maximum Gasteiger partial charge on any atom is 0.191 e. The number of ether oxygens (including phenoxy) is 1. The molecule has 1 aromatic heterocycles. The van der Waals surface area contributed by atoms with Gasteiger partial charge in [-0.1, -0.05) is 11.6 Å². The maximum atomic E-state index is 5.90. The van der Waals surface area contributed by atoms with Crippen LogP contribution in [0.5, 0.6) is 0 Å². The van der Waals surface area contributed by atoms with Crippen LogP contribution in [0.2, 0.25) is 4.34 Å². The van der Waals surface area contributed by atoms with Crippen molar-refractivity contribution in [2.75, 3.05) is 26.8 Å². The largest absolute Gasteiger partial charge is 0.383 e. The first kappa shape index (κ1) is 19.9. The van der Waals surface area contributed by atoms with Crippen molar-refractivity contribution in [2.24, 2.45) is 4.99 Å². The van der Waals surface area contributed by atoms with E-state index in [9.17, 15) is 0 Å². The molecule has 20 heavy (non-hydrogen) atoms. The molecule has 116 valence electrons. The summed E-state index contributed by atoms with van der Waals surface area (Å²) in [6, 6.07) is 4.21. The van der Waals surface area contributed by atoms with E-state index in [1.807, 2.05) is 6.07 Å². The highest BCUT2D eigenvalue weighted by molar-refractivity contribution is 14.0. The van der Waals surface area contributed by atoms with Crippen molar-refractivity contribution in [3.63, 3.8) is 0 Å². The van der Waals surface area contributed by atoms with Crippen molar-refractivity contribution in [3.05, 3.63) is 21.3 Å². The fourth-order valence-electron chi connectivity index (χ4n) is 1.61. The van der Waals surface area contributed by atoms with E-state index >= 15 is 0 Å². The van der Waals surface area contributed by atoms with Gasteiger partial charge < -0.3 is 15.4 Å². The molecular formula is C13H23ClIN3OS. The molecule has 1 atom stereocenters. The van der Waals surface area contributed by atoms with E-state index in [1.165, 1.54) is 4.88 Å². The Hall–Kier alpha value is -0.0500. The second-order valence-electron chi connectivity index (χ2n) is 4.22. The Kier molecular flexibility index (Phi) is 11.6. The quantitative estimate of drug-likeness (QED) is 0.396. The SMILES string of the molecule is CCNC(=NCCc1ccc(Cl)s1)NC(C)COC.I. The van der Waals surface area contributed by atoms with Gasteiger partial charge in [-0.2, -0.15) is 0 Å². The van der Waals surface area contributed by atoms with Crippen LogP contribution in [0.4, 0.5) is 0 Å². The Morgan fingerprint density at radius 1 is 1.50 bits per heavy atom. The van der Waals surface area contributed by atoms with Gasteiger partial charge >= 0.3 is 0 Å². The van der Waals surface area contributed by atoms with E-state index in [1.54, 1.807) is 18.4 Å². The number of thiophene rings is 1. The second-order valence-corrected chi connectivity index (χ2v) is 6.02. The zero-order valence-corrected chi connectivity index (χ0v) is 16.0. The minimum Gasteiger partial charge on any atom is -0.383 e. The lowest BCUT2D eigenvalue weighted by Gasteiger charge is -2.16. The summed E-state index contributed by atoms with van der Waals surface area (Å²) in [4.78, 5) is 5.80. The third kappa shape index (κ3) is 8.28. The minimum absolute atomic E-state index is 0. The molecule has 0 radical (unpaired) electrons. The molecular weight excluding hydrogens is 409 g/mol. The van der Waals surface area contributed by atoms with Crippen LogP contribution >= 0.6 is 46.9 Å². The summed E-state index contributed by atoms with van der Waals surface area (Å²) in [5.41, 5.74) is 0. The number of guanidine groups is 1. The van der Waals surface area contributed by atoms with Gasteiger partial charge in [-0.15, -0.1) is 35.3 Å². The highest BCUT2D eigenvalue weighted by Crippen LogP contribution is 2.21. The van der Waals surface area contributed by atoms with Crippen LogP contribution in [0.1, 0.15) is 18.7 Å². The zero-order chi connectivity index (χ0) is 14.1. The molecule has 0 saturated carbocycles. The molecule has 0 aliphatic carbocycles. The summed E-state index contributed by atoms with van der Waals surface area (Å²) in [7, 11) is 1.70. The average Bonchev–Trinajstić information content (AvgIpc) is 2.75. The fraction of sp³-hybridized carbons (Fsp3) is 0.615. The van der Waals surface area contributed by atoms with E-state index in [0.717, 1.165) is 29.8 Å². The summed E-state index contributed by atoms with van der Waals surface area (Å²) in [6.07, 6.45) is 0.909. The van der Waals surface area contributed by atoms with Crippen molar-refractivity contribution in [2.45, 2.75) is 26.3 Å². The van der Waals surface area contributed by atoms with Crippen molar-refractivity contribution in [1.82, 2.24) is 10.6 Å². The first-order chi connectivity index (χ1) is 9.15. The van der Waals surface area contributed by atoms with Gasteiger partial charge in [-0.05, 0) is 26.0 Å². The Bertz CT molecular complexity index is 401.